The lowest BCUT2D eigenvalue weighted by Crippen LogP contribution is -2.44. The molecule has 0 radical (unpaired) electrons. The maximum atomic E-state index is 13.0. The number of rotatable bonds is 3. The zero-order valence-electron chi connectivity index (χ0n) is 12.9. The molecule has 0 aliphatic carbocycles. The normalized spacial score (nSPS) is 17.7. The summed E-state index contributed by atoms with van der Waals surface area (Å²) < 4.78 is 0. The van der Waals surface area contributed by atoms with E-state index < -0.39 is 11.8 Å². The molecular weight excluding hydrogens is 294 g/mol. The van der Waals surface area contributed by atoms with Crippen LogP contribution in [0.3, 0.4) is 0 Å². The fourth-order valence-electron chi connectivity index (χ4n) is 3.08. The number of fused-ring (bicyclic) bond motifs is 1. The minimum absolute atomic E-state index is 0.110. The number of benzene rings is 2. The van der Waals surface area contributed by atoms with Crippen molar-refractivity contribution < 1.29 is 9.90 Å². The van der Waals surface area contributed by atoms with Crippen LogP contribution in [0.2, 0.25) is 0 Å². The first-order valence-electron chi connectivity index (χ1n) is 7.22. The summed E-state index contributed by atoms with van der Waals surface area (Å²) in [5, 5.41) is 10.7. The summed E-state index contributed by atoms with van der Waals surface area (Å²) in [5.74, 6) is -0.110. The molecule has 0 bridgehead atoms. The summed E-state index contributed by atoms with van der Waals surface area (Å²) >= 11 is 1.53. The standard InChI is InChI=1S/C18H19NO2S/c1-18(2,12-8-5-4-6-9-12)19-16(20)13-10-7-11-14(22-3)15(13)17(19)21/h4-11,16,20H,1-3H3. The van der Waals surface area contributed by atoms with Gasteiger partial charge in [-0.05, 0) is 31.7 Å². The van der Waals surface area contributed by atoms with Crippen molar-refractivity contribution >= 4 is 17.7 Å². The Morgan fingerprint density at radius 3 is 2.41 bits per heavy atom. The van der Waals surface area contributed by atoms with Gasteiger partial charge in [-0.1, -0.05) is 42.5 Å². The minimum Gasteiger partial charge on any atom is -0.369 e. The highest BCUT2D eigenvalue weighted by Crippen LogP contribution is 2.43. The molecule has 1 aliphatic heterocycles. The molecule has 0 fully saturated rings. The Bertz CT molecular complexity index is 712. The molecule has 0 saturated carbocycles. The van der Waals surface area contributed by atoms with E-state index in [9.17, 15) is 9.90 Å². The number of nitrogens with zero attached hydrogens (tertiary/aromatic N) is 1. The molecule has 0 saturated heterocycles. The quantitative estimate of drug-likeness (QED) is 0.877. The van der Waals surface area contributed by atoms with E-state index in [1.54, 1.807) is 4.90 Å². The summed E-state index contributed by atoms with van der Waals surface area (Å²) in [6.07, 6.45) is 1.03. The van der Waals surface area contributed by atoms with Crippen LogP contribution in [0.25, 0.3) is 0 Å². The molecule has 1 N–H and O–H groups in total. The number of thioether (sulfide) groups is 1. The fourth-order valence-corrected chi connectivity index (χ4v) is 3.70. The second-order valence-electron chi connectivity index (χ2n) is 5.90. The highest BCUT2D eigenvalue weighted by Gasteiger charge is 2.45. The van der Waals surface area contributed by atoms with Crippen molar-refractivity contribution in [2.24, 2.45) is 0 Å². The van der Waals surface area contributed by atoms with Crippen molar-refractivity contribution in [3.8, 4) is 0 Å². The van der Waals surface area contributed by atoms with Crippen molar-refractivity contribution in [2.75, 3.05) is 6.26 Å². The van der Waals surface area contributed by atoms with Gasteiger partial charge in [0.2, 0.25) is 0 Å². The molecule has 1 aliphatic rings. The van der Waals surface area contributed by atoms with Gasteiger partial charge in [0.15, 0.2) is 6.23 Å². The van der Waals surface area contributed by atoms with E-state index in [-0.39, 0.29) is 5.91 Å². The van der Waals surface area contributed by atoms with Crippen molar-refractivity contribution in [3.05, 3.63) is 65.2 Å². The third-order valence-electron chi connectivity index (χ3n) is 4.32. The van der Waals surface area contributed by atoms with Crippen LogP contribution < -0.4 is 0 Å². The zero-order valence-corrected chi connectivity index (χ0v) is 13.7. The molecule has 4 heteroatoms. The van der Waals surface area contributed by atoms with E-state index in [1.165, 1.54) is 11.8 Å². The first kappa shape index (κ1) is 15.1. The highest BCUT2D eigenvalue weighted by molar-refractivity contribution is 7.98. The average Bonchev–Trinajstić information content (AvgIpc) is 2.80. The number of amides is 1. The molecule has 1 amide bonds. The average molecular weight is 313 g/mol. The largest absolute Gasteiger partial charge is 0.369 e. The van der Waals surface area contributed by atoms with Gasteiger partial charge in [-0.3, -0.25) is 9.69 Å². The number of aliphatic hydroxyl groups excluding tert-OH is 1. The van der Waals surface area contributed by atoms with Gasteiger partial charge in [0.25, 0.3) is 5.91 Å². The number of hydrogen-bond donors (Lipinski definition) is 1. The summed E-state index contributed by atoms with van der Waals surface area (Å²) in [6, 6.07) is 15.5. The molecule has 2 aromatic carbocycles. The van der Waals surface area contributed by atoms with Crippen LogP contribution in [0.4, 0.5) is 0 Å². The number of carbonyl (C=O) groups is 1. The van der Waals surface area contributed by atoms with Crippen molar-refractivity contribution in [1.82, 2.24) is 4.90 Å². The maximum absolute atomic E-state index is 13.0. The van der Waals surface area contributed by atoms with Crippen LogP contribution in [-0.4, -0.2) is 22.2 Å². The van der Waals surface area contributed by atoms with Crippen LogP contribution in [0.15, 0.2) is 53.4 Å². The molecule has 1 atom stereocenters. The Hall–Kier alpha value is -1.78. The summed E-state index contributed by atoms with van der Waals surface area (Å²) in [5.41, 5.74) is 1.74. The monoisotopic (exact) mass is 313 g/mol. The third-order valence-corrected chi connectivity index (χ3v) is 5.10. The van der Waals surface area contributed by atoms with Crippen molar-refractivity contribution in [1.29, 1.82) is 0 Å². The first-order chi connectivity index (χ1) is 10.5. The third kappa shape index (κ3) is 2.14. The van der Waals surface area contributed by atoms with Gasteiger partial charge >= 0.3 is 0 Å². The molecular formula is C18H19NO2S. The van der Waals surface area contributed by atoms with Gasteiger partial charge in [0.05, 0.1) is 11.1 Å². The van der Waals surface area contributed by atoms with E-state index in [0.717, 1.165) is 10.5 Å². The number of hydrogen-bond acceptors (Lipinski definition) is 3. The summed E-state index contributed by atoms with van der Waals surface area (Å²) in [6.45, 7) is 3.93. The van der Waals surface area contributed by atoms with Gasteiger partial charge in [-0.2, -0.15) is 0 Å². The summed E-state index contributed by atoms with van der Waals surface area (Å²) in [7, 11) is 0. The second kappa shape index (κ2) is 5.45. The van der Waals surface area contributed by atoms with Gasteiger partial charge in [0, 0.05) is 10.5 Å². The summed E-state index contributed by atoms with van der Waals surface area (Å²) in [4.78, 5) is 15.4. The molecule has 2 aromatic rings. The molecule has 3 nitrogen and oxygen atoms in total. The second-order valence-corrected chi connectivity index (χ2v) is 6.75. The minimum atomic E-state index is -0.912. The molecule has 22 heavy (non-hydrogen) atoms. The van der Waals surface area contributed by atoms with Crippen LogP contribution in [0.1, 0.15) is 41.6 Å². The Morgan fingerprint density at radius 2 is 1.77 bits per heavy atom. The van der Waals surface area contributed by atoms with Crippen LogP contribution in [0, 0.1) is 0 Å². The van der Waals surface area contributed by atoms with Gasteiger partial charge < -0.3 is 5.11 Å². The van der Waals surface area contributed by atoms with Gasteiger partial charge in [-0.25, -0.2) is 0 Å². The van der Waals surface area contributed by atoms with Crippen LogP contribution >= 0.6 is 11.8 Å². The predicted molar refractivity (Wildman–Crippen MR) is 88.8 cm³/mol. The smallest absolute Gasteiger partial charge is 0.258 e. The topological polar surface area (TPSA) is 40.5 Å². The van der Waals surface area contributed by atoms with E-state index in [2.05, 4.69) is 0 Å². The SMILES string of the molecule is CSc1cccc2c1C(=O)N(C(C)(C)c1ccccc1)C2O. The van der Waals surface area contributed by atoms with Crippen LogP contribution in [-0.2, 0) is 5.54 Å². The lowest BCUT2D eigenvalue weighted by atomic mass is 9.92. The van der Waals surface area contributed by atoms with Crippen LogP contribution in [0.5, 0.6) is 0 Å². The highest BCUT2D eigenvalue weighted by atomic mass is 32.2. The van der Waals surface area contributed by atoms with Crippen molar-refractivity contribution in [3.63, 3.8) is 0 Å². The zero-order chi connectivity index (χ0) is 15.9. The fraction of sp³-hybridized carbons (Fsp3) is 0.278. The Labute approximate surface area is 135 Å². The van der Waals surface area contributed by atoms with Crippen molar-refractivity contribution in [2.45, 2.75) is 30.5 Å². The Morgan fingerprint density at radius 1 is 1.09 bits per heavy atom. The van der Waals surface area contributed by atoms with E-state index in [1.807, 2.05) is 68.6 Å². The molecule has 0 aromatic heterocycles. The first-order valence-corrected chi connectivity index (χ1v) is 8.45. The van der Waals surface area contributed by atoms with E-state index in [4.69, 9.17) is 0 Å². The number of carbonyl (C=O) groups excluding carboxylic acids is 1. The number of aliphatic hydroxyl groups is 1. The lowest BCUT2D eigenvalue weighted by Gasteiger charge is -2.38. The molecule has 114 valence electrons. The van der Waals surface area contributed by atoms with E-state index in [0.29, 0.717) is 11.1 Å². The Kier molecular flexibility index (Phi) is 3.75. The van der Waals surface area contributed by atoms with Gasteiger partial charge in [-0.15, -0.1) is 11.8 Å². The molecule has 0 spiro atoms. The molecule has 1 unspecified atom stereocenters. The predicted octanol–water partition coefficient (Wildman–Crippen LogP) is 3.79. The Balaban J connectivity index is 2.10. The maximum Gasteiger partial charge on any atom is 0.258 e. The van der Waals surface area contributed by atoms with E-state index >= 15 is 0 Å². The molecule has 3 rings (SSSR count). The molecule has 1 heterocycles. The lowest BCUT2D eigenvalue weighted by molar-refractivity contribution is -0.0305. The van der Waals surface area contributed by atoms with Gasteiger partial charge in [0.1, 0.15) is 0 Å².